The quantitative estimate of drug-likeness (QED) is 0.652. The Balaban J connectivity index is 2.65. The van der Waals surface area contributed by atoms with E-state index in [1.165, 1.54) is 4.90 Å². The molecule has 1 rings (SSSR count). The average Bonchev–Trinajstić information content (AvgIpc) is 2.33. The lowest BCUT2D eigenvalue weighted by molar-refractivity contribution is -0.145. The fourth-order valence-electron chi connectivity index (χ4n) is 2.19. The van der Waals surface area contributed by atoms with E-state index in [4.69, 9.17) is 10.2 Å². The van der Waals surface area contributed by atoms with Gasteiger partial charge >= 0.3 is 18.0 Å². The van der Waals surface area contributed by atoms with Crippen molar-refractivity contribution in [2.75, 3.05) is 20.1 Å². The molecule has 8 nitrogen and oxygen atoms in total. The van der Waals surface area contributed by atoms with Crippen molar-refractivity contribution in [1.82, 2.24) is 15.1 Å². The van der Waals surface area contributed by atoms with Crippen molar-refractivity contribution in [3.05, 3.63) is 0 Å². The van der Waals surface area contributed by atoms with E-state index in [0.29, 0.717) is 13.1 Å². The summed E-state index contributed by atoms with van der Waals surface area (Å²) in [6, 6.07) is -1.63. The lowest BCUT2D eigenvalue weighted by Crippen LogP contribution is -2.59. The van der Waals surface area contributed by atoms with E-state index in [0.717, 1.165) is 0 Å². The molecule has 0 aromatic rings. The highest BCUT2D eigenvalue weighted by Crippen LogP contribution is 2.13. The number of rotatable bonds is 4. The molecule has 0 aromatic carbocycles. The number of hydrogen-bond donors (Lipinski definition) is 3. The van der Waals surface area contributed by atoms with E-state index in [9.17, 15) is 14.4 Å². The molecule has 3 N–H and O–H groups in total. The monoisotopic (exact) mass is 287 g/mol. The van der Waals surface area contributed by atoms with Crippen LogP contribution in [0.1, 0.15) is 20.3 Å². The number of nitrogens with zero attached hydrogens (tertiary/aromatic N) is 2. The Kier molecular flexibility index (Phi) is 5.32. The number of carbonyl (C=O) groups excluding carboxylic acids is 1. The highest BCUT2D eigenvalue weighted by Gasteiger charge is 2.31. The summed E-state index contributed by atoms with van der Waals surface area (Å²) in [4.78, 5) is 37.2. The zero-order chi connectivity index (χ0) is 15.4. The second kappa shape index (κ2) is 6.56. The topological polar surface area (TPSA) is 110 Å². The normalized spacial score (nSPS) is 25.1. The third-order valence-corrected chi connectivity index (χ3v) is 3.62. The summed E-state index contributed by atoms with van der Waals surface area (Å²) >= 11 is 0. The molecule has 1 aliphatic heterocycles. The predicted octanol–water partition coefficient (Wildman–Crippen LogP) is -0.352. The van der Waals surface area contributed by atoms with Crippen molar-refractivity contribution in [2.45, 2.75) is 38.4 Å². The summed E-state index contributed by atoms with van der Waals surface area (Å²) < 4.78 is 0. The van der Waals surface area contributed by atoms with Crippen molar-refractivity contribution in [3.8, 4) is 0 Å². The number of carbonyl (C=O) groups is 3. The maximum Gasteiger partial charge on any atom is 0.326 e. The van der Waals surface area contributed by atoms with Gasteiger partial charge in [0, 0.05) is 25.2 Å². The van der Waals surface area contributed by atoms with Gasteiger partial charge in [0.05, 0.1) is 6.42 Å². The maximum absolute atomic E-state index is 12.0. The van der Waals surface area contributed by atoms with Crippen LogP contribution < -0.4 is 5.32 Å². The molecule has 0 radical (unpaired) electrons. The Morgan fingerprint density at radius 1 is 1.20 bits per heavy atom. The van der Waals surface area contributed by atoms with Crippen LogP contribution in [-0.2, 0) is 9.59 Å². The van der Waals surface area contributed by atoms with Gasteiger partial charge in [0.15, 0.2) is 0 Å². The minimum absolute atomic E-state index is 0.159. The van der Waals surface area contributed by atoms with Crippen LogP contribution in [0.15, 0.2) is 0 Å². The van der Waals surface area contributed by atoms with Gasteiger partial charge < -0.3 is 20.4 Å². The Labute approximate surface area is 117 Å². The summed E-state index contributed by atoms with van der Waals surface area (Å²) in [5, 5.41) is 19.8. The number of aliphatic carboxylic acids is 2. The predicted molar refractivity (Wildman–Crippen MR) is 70.5 cm³/mol. The van der Waals surface area contributed by atoms with Crippen LogP contribution >= 0.6 is 0 Å². The standard InChI is InChI=1S/C12H21N3O5/c1-7-5-15(6-8(2)14(7)3)12(20)13-9(11(18)19)4-10(16)17/h7-9H,4-6H2,1-3H3,(H,13,20)(H,16,17)(H,18,19)/t7?,8?,9-/m1/s1. The van der Waals surface area contributed by atoms with Crippen molar-refractivity contribution in [3.63, 3.8) is 0 Å². The minimum atomic E-state index is -1.41. The molecule has 2 unspecified atom stereocenters. The third-order valence-electron chi connectivity index (χ3n) is 3.62. The third kappa shape index (κ3) is 4.09. The zero-order valence-corrected chi connectivity index (χ0v) is 11.9. The minimum Gasteiger partial charge on any atom is -0.481 e. The van der Waals surface area contributed by atoms with Gasteiger partial charge in [0.25, 0.3) is 0 Å². The molecular weight excluding hydrogens is 266 g/mol. The van der Waals surface area contributed by atoms with Gasteiger partial charge in [-0.05, 0) is 20.9 Å². The van der Waals surface area contributed by atoms with Gasteiger partial charge in [-0.3, -0.25) is 9.69 Å². The molecule has 1 saturated heterocycles. The Bertz CT molecular complexity index is 389. The Hall–Kier alpha value is -1.83. The molecule has 0 bridgehead atoms. The zero-order valence-electron chi connectivity index (χ0n) is 11.9. The van der Waals surface area contributed by atoms with E-state index in [2.05, 4.69) is 10.2 Å². The number of hydrogen-bond acceptors (Lipinski definition) is 4. The fourth-order valence-corrected chi connectivity index (χ4v) is 2.19. The van der Waals surface area contributed by atoms with Crippen molar-refractivity contribution in [2.24, 2.45) is 0 Å². The smallest absolute Gasteiger partial charge is 0.326 e. The van der Waals surface area contributed by atoms with E-state index in [-0.39, 0.29) is 12.1 Å². The first kappa shape index (κ1) is 16.2. The molecule has 3 atom stereocenters. The summed E-state index contributed by atoms with van der Waals surface area (Å²) in [6.07, 6.45) is -0.639. The largest absolute Gasteiger partial charge is 0.481 e. The number of likely N-dealkylation sites (N-methyl/N-ethyl adjacent to an activating group) is 1. The van der Waals surface area contributed by atoms with E-state index in [1.807, 2.05) is 20.9 Å². The number of urea groups is 1. The second-order valence-electron chi connectivity index (χ2n) is 5.21. The van der Waals surface area contributed by atoms with E-state index < -0.39 is 30.4 Å². The molecule has 1 aliphatic rings. The lowest BCUT2D eigenvalue weighted by atomic mass is 10.1. The van der Waals surface area contributed by atoms with Crippen molar-refractivity contribution < 1.29 is 24.6 Å². The lowest BCUT2D eigenvalue weighted by Gasteiger charge is -2.42. The molecule has 1 heterocycles. The van der Waals surface area contributed by atoms with E-state index in [1.54, 1.807) is 0 Å². The average molecular weight is 287 g/mol. The van der Waals surface area contributed by atoms with Crippen molar-refractivity contribution in [1.29, 1.82) is 0 Å². The Morgan fingerprint density at radius 2 is 1.70 bits per heavy atom. The number of carboxylic acid groups (broad SMARTS) is 2. The summed E-state index contributed by atoms with van der Waals surface area (Å²) in [5.74, 6) is -2.62. The van der Waals surface area contributed by atoms with Gasteiger partial charge in [-0.25, -0.2) is 9.59 Å². The molecule has 1 fully saturated rings. The maximum atomic E-state index is 12.0. The van der Waals surface area contributed by atoms with Gasteiger partial charge in [0.1, 0.15) is 6.04 Å². The SMILES string of the molecule is CC1CN(C(=O)N[C@H](CC(=O)O)C(=O)O)CC(C)N1C. The number of carboxylic acids is 2. The van der Waals surface area contributed by atoms with Crippen LogP contribution in [0.5, 0.6) is 0 Å². The highest BCUT2D eigenvalue weighted by molar-refractivity contribution is 5.86. The number of nitrogens with one attached hydrogen (secondary N) is 1. The van der Waals surface area contributed by atoms with Gasteiger partial charge in [-0.1, -0.05) is 0 Å². The molecule has 0 spiro atoms. The molecule has 0 aliphatic carbocycles. The first-order valence-electron chi connectivity index (χ1n) is 6.44. The van der Waals surface area contributed by atoms with Crippen LogP contribution in [0.25, 0.3) is 0 Å². The number of piperazine rings is 1. The van der Waals surface area contributed by atoms with Crippen LogP contribution in [0.4, 0.5) is 4.79 Å². The van der Waals surface area contributed by atoms with Crippen LogP contribution in [-0.4, -0.2) is 76.2 Å². The fraction of sp³-hybridized carbons (Fsp3) is 0.750. The van der Waals surface area contributed by atoms with Gasteiger partial charge in [0.2, 0.25) is 0 Å². The first-order chi connectivity index (χ1) is 9.22. The van der Waals surface area contributed by atoms with Crippen LogP contribution in [0.3, 0.4) is 0 Å². The van der Waals surface area contributed by atoms with Crippen LogP contribution in [0.2, 0.25) is 0 Å². The summed E-state index contributed by atoms with van der Waals surface area (Å²) in [7, 11) is 1.97. The molecule has 0 aromatic heterocycles. The van der Waals surface area contributed by atoms with Gasteiger partial charge in [-0.2, -0.15) is 0 Å². The highest BCUT2D eigenvalue weighted by atomic mass is 16.4. The molecule has 114 valence electrons. The second-order valence-corrected chi connectivity index (χ2v) is 5.21. The first-order valence-corrected chi connectivity index (χ1v) is 6.44. The number of amides is 2. The summed E-state index contributed by atoms with van der Waals surface area (Å²) in [5.41, 5.74) is 0. The molecule has 2 amide bonds. The van der Waals surface area contributed by atoms with Gasteiger partial charge in [-0.15, -0.1) is 0 Å². The van der Waals surface area contributed by atoms with E-state index >= 15 is 0 Å². The van der Waals surface area contributed by atoms with Crippen LogP contribution in [0, 0.1) is 0 Å². The van der Waals surface area contributed by atoms with Crippen molar-refractivity contribution >= 4 is 18.0 Å². The Morgan fingerprint density at radius 3 is 2.10 bits per heavy atom. The molecule has 20 heavy (non-hydrogen) atoms. The molecular formula is C12H21N3O5. The summed E-state index contributed by atoms with van der Waals surface area (Å²) in [6.45, 7) is 4.90. The molecule has 8 heteroatoms. The molecule has 0 saturated carbocycles.